The van der Waals surface area contributed by atoms with Crippen molar-refractivity contribution in [3.63, 3.8) is 0 Å². The molecule has 1 aromatic heterocycles. The molecule has 5 N–H and O–H groups in total. The maximum atomic E-state index is 14.5. The van der Waals surface area contributed by atoms with Crippen molar-refractivity contribution in [2.45, 2.75) is 31.7 Å². The monoisotopic (exact) mass is 445 g/mol. The number of hydrogen-bond acceptors (Lipinski definition) is 6. The lowest BCUT2D eigenvalue weighted by Crippen LogP contribution is -2.67. The lowest BCUT2D eigenvalue weighted by molar-refractivity contribution is -0.0501. The van der Waals surface area contributed by atoms with Gasteiger partial charge in [0.2, 0.25) is 0 Å². The van der Waals surface area contributed by atoms with Crippen LogP contribution in [-0.2, 0) is 5.54 Å². The van der Waals surface area contributed by atoms with E-state index in [1.165, 1.54) is 19.1 Å². The van der Waals surface area contributed by atoms with Crippen molar-refractivity contribution in [2.75, 3.05) is 18.4 Å². The number of anilines is 1. The Labute approximate surface area is 174 Å². The fraction of sp³-hybridized carbons (Fsp3) is 0.368. The molecule has 3 rings (SSSR count). The van der Waals surface area contributed by atoms with Crippen LogP contribution in [0.15, 0.2) is 30.5 Å². The maximum absolute atomic E-state index is 14.5. The van der Waals surface area contributed by atoms with Crippen LogP contribution >= 0.6 is 0 Å². The van der Waals surface area contributed by atoms with Crippen molar-refractivity contribution in [1.82, 2.24) is 15.6 Å². The Kier molecular flexibility index (Phi) is 6.72. The average molecular weight is 445 g/mol. The number of amides is 1. The summed E-state index contributed by atoms with van der Waals surface area (Å²) >= 11 is 0. The molecule has 2 atom stereocenters. The normalized spacial score (nSPS) is 21.4. The summed E-state index contributed by atoms with van der Waals surface area (Å²) in [4.78, 5) is 16.4. The van der Waals surface area contributed by atoms with Crippen molar-refractivity contribution in [1.29, 1.82) is 0 Å². The van der Waals surface area contributed by atoms with Gasteiger partial charge in [0.1, 0.15) is 22.8 Å². The molecule has 0 radical (unpaired) electrons. The number of aromatic nitrogens is 1. The highest BCUT2D eigenvalue weighted by Crippen LogP contribution is 2.33. The summed E-state index contributed by atoms with van der Waals surface area (Å²) in [7, 11) is 0. The number of halogens is 5. The average Bonchev–Trinajstić information content (AvgIpc) is 2.68. The zero-order valence-electron chi connectivity index (χ0n) is 16.3. The first kappa shape index (κ1) is 22.8. The molecule has 168 valence electrons. The first-order valence-electron chi connectivity index (χ1n) is 9.17. The summed E-state index contributed by atoms with van der Waals surface area (Å²) in [5.41, 5.74) is 3.44. The van der Waals surface area contributed by atoms with E-state index in [0.29, 0.717) is 0 Å². The molecule has 31 heavy (non-hydrogen) atoms. The molecule has 12 heteroatoms. The third-order valence-corrected chi connectivity index (χ3v) is 4.78. The van der Waals surface area contributed by atoms with E-state index in [1.807, 2.05) is 0 Å². The van der Waals surface area contributed by atoms with E-state index in [9.17, 15) is 26.7 Å². The molecule has 0 bridgehead atoms. The lowest BCUT2D eigenvalue weighted by Gasteiger charge is -2.41. The third kappa shape index (κ3) is 4.92. The van der Waals surface area contributed by atoms with Gasteiger partial charge in [-0.25, -0.2) is 18.2 Å². The van der Waals surface area contributed by atoms with E-state index in [2.05, 4.69) is 25.7 Å². The number of pyridine rings is 1. The van der Waals surface area contributed by atoms with Crippen molar-refractivity contribution in [2.24, 2.45) is 5.73 Å². The Morgan fingerprint density at radius 3 is 2.68 bits per heavy atom. The summed E-state index contributed by atoms with van der Waals surface area (Å²) in [6.07, 6.45) is -2.88. The molecule has 1 aliphatic heterocycles. The molecule has 0 aliphatic carbocycles. The van der Waals surface area contributed by atoms with E-state index in [-0.39, 0.29) is 41.3 Å². The van der Waals surface area contributed by atoms with Crippen LogP contribution in [0.1, 0.15) is 21.6 Å². The van der Waals surface area contributed by atoms with Crippen molar-refractivity contribution < 1.29 is 31.5 Å². The topological polar surface area (TPSA) is 101 Å². The molecule has 1 aliphatic rings. The summed E-state index contributed by atoms with van der Waals surface area (Å²) in [6, 6.07) is 4.46. The van der Waals surface area contributed by atoms with Crippen LogP contribution in [0.3, 0.4) is 0 Å². The second-order valence-electron chi connectivity index (χ2n) is 7.02. The van der Waals surface area contributed by atoms with Gasteiger partial charge in [-0.15, -0.1) is 0 Å². The zero-order valence-corrected chi connectivity index (χ0v) is 16.3. The standard InChI is InChI=1S/C19H20F5N5O2/c1-9-4-11(31-18(23)24)6-27-15(9)16(30)28-10-2-3-13(20)12(5-10)19(17(21)22)8-26-7-14(25)29-19/h2-6,14,17-18,26,29H,7-8,25H2,1H3,(H,28,30)/t14?,19-/m0/s1. The number of nitrogens with zero attached hydrogens (tertiary/aromatic N) is 1. The minimum absolute atomic E-state index is 0.0384. The minimum Gasteiger partial charge on any atom is -0.433 e. The number of aryl methyl sites for hydroxylation is 1. The predicted octanol–water partition coefficient (Wildman–Crippen LogP) is 2.32. The third-order valence-electron chi connectivity index (χ3n) is 4.78. The summed E-state index contributed by atoms with van der Waals surface area (Å²) in [5.74, 6) is -1.86. The molecule has 1 saturated heterocycles. The van der Waals surface area contributed by atoms with Gasteiger partial charge in [-0.05, 0) is 36.8 Å². The molecule has 7 nitrogen and oxygen atoms in total. The van der Waals surface area contributed by atoms with Crippen LogP contribution in [0.2, 0.25) is 0 Å². The number of hydrogen-bond donors (Lipinski definition) is 4. The predicted molar refractivity (Wildman–Crippen MR) is 102 cm³/mol. The van der Waals surface area contributed by atoms with Gasteiger partial charge in [-0.2, -0.15) is 8.78 Å². The van der Waals surface area contributed by atoms with E-state index in [1.54, 1.807) is 0 Å². The number of carbonyl (C=O) groups is 1. The van der Waals surface area contributed by atoms with E-state index in [4.69, 9.17) is 5.73 Å². The zero-order chi connectivity index (χ0) is 22.8. The Balaban J connectivity index is 1.87. The van der Waals surface area contributed by atoms with Gasteiger partial charge in [-0.1, -0.05) is 0 Å². The smallest absolute Gasteiger partial charge is 0.387 e. The van der Waals surface area contributed by atoms with Crippen LogP contribution < -0.4 is 26.4 Å². The summed E-state index contributed by atoms with van der Waals surface area (Å²) in [5, 5.41) is 7.75. The maximum Gasteiger partial charge on any atom is 0.387 e. The Morgan fingerprint density at radius 1 is 1.32 bits per heavy atom. The molecule has 2 heterocycles. The minimum atomic E-state index is -3.04. The van der Waals surface area contributed by atoms with Gasteiger partial charge in [0.15, 0.2) is 0 Å². The number of rotatable bonds is 6. The molecular formula is C19H20F5N5O2. The second kappa shape index (κ2) is 9.12. The molecule has 1 unspecified atom stereocenters. The largest absolute Gasteiger partial charge is 0.433 e. The van der Waals surface area contributed by atoms with Gasteiger partial charge < -0.3 is 21.1 Å². The number of benzene rings is 1. The first-order valence-corrected chi connectivity index (χ1v) is 9.17. The van der Waals surface area contributed by atoms with Crippen LogP contribution in [-0.4, -0.2) is 43.2 Å². The number of nitrogens with one attached hydrogen (secondary N) is 3. The number of carbonyl (C=O) groups excluding carboxylic acids is 1. The van der Waals surface area contributed by atoms with Gasteiger partial charge >= 0.3 is 6.61 Å². The van der Waals surface area contributed by atoms with Crippen LogP contribution in [0.5, 0.6) is 5.75 Å². The van der Waals surface area contributed by atoms with Gasteiger partial charge in [0.05, 0.1) is 12.4 Å². The van der Waals surface area contributed by atoms with Crippen LogP contribution in [0, 0.1) is 12.7 Å². The molecule has 0 saturated carbocycles. The van der Waals surface area contributed by atoms with Crippen molar-refractivity contribution in [3.8, 4) is 5.75 Å². The van der Waals surface area contributed by atoms with Gasteiger partial charge in [0.25, 0.3) is 12.3 Å². The molecule has 0 spiro atoms. The fourth-order valence-electron chi connectivity index (χ4n) is 3.38. The van der Waals surface area contributed by atoms with Crippen LogP contribution in [0.4, 0.5) is 27.6 Å². The van der Waals surface area contributed by atoms with Gasteiger partial charge in [-0.3, -0.25) is 10.1 Å². The Bertz CT molecular complexity index is 961. The highest BCUT2D eigenvalue weighted by Gasteiger charge is 2.46. The SMILES string of the molecule is Cc1cc(OC(F)F)cnc1C(=O)Nc1ccc(F)c([C@]2(C(F)F)CNCC(N)N2)c1. The molecule has 1 amide bonds. The highest BCUT2D eigenvalue weighted by molar-refractivity contribution is 6.03. The molecule has 1 aromatic carbocycles. The second-order valence-corrected chi connectivity index (χ2v) is 7.02. The number of ether oxygens (including phenoxy) is 1. The molecular weight excluding hydrogens is 425 g/mol. The number of nitrogens with two attached hydrogens (primary N) is 1. The quantitative estimate of drug-likeness (QED) is 0.510. The number of piperazine rings is 1. The summed E-state index contributed by atoms with van der Waals surface area (Å²) < 4.78 is 71.3. The highest BCUT2D eigenvalue weighted by atomic mass is 19.3. The lowest BCUT2D eigenvalue weighted by atomic mass is 9.87. The van der Waals surface area contributed by atoms with E-state index >= 15 is 0 Å². The molecule has 1 fully saturated rings. The summed E-state index contributed by atoms with van der Waals surface area (Å²) in [6.45, 7) is -1.64. The Morgan fingerprint density at radius 2 is 2.06 bits per heavy atom. The van der Waals surface area contributed by atoms with Crippen LogP contribution in [0.25, 0.3) is 0 Å². The first-order chi connectivity index (χ1) is 14.6. The Hall–Kier alpha value is -2.83. The van der Waals surface area contributed by atoms with Gasteiger partial charge in [0, 0.05) is 24.3 Å². The van der Waals surface area contributed by atoms with Crippen molar-refractivity contribution in [3.05, 3.63) is 53.1 Å². The van der Waals surface area contributed by atoms with Crippen molar-refractivity contribution >= 4 is 11.6 Å². The van der Waals surface area contributed by atoms with E-state index in [0.717, 1.165) is 18.3 Å². The number of alkyl halides is 4. The fourth-order valence-corrected chi connectivity index (χ4v) is 3.38. The van der Waals surface area contributed by atoms with E-state index < -0.39 is 36.5 Å². The molecule has 2 aromatic rings.